The van der Waals surface area contributed by atoms with Gasteiger partial charge in [0.2, 0.25) is 0 Å². The van der Waals surface area contributed by atoms with Crippen LogP contribution in [0.4, 0.5) is 0 Å². The van der Waals surface area contributed by atoms with Gasteiger partial charge in [-0.3, -0.25) is 4.90 Å². The van der Waals surface area contributed by atoms with Gasteiger partial charge in [0.25, 0.3) is 0 Å². The number of aryl methyl sites for hydroxylation is 1. The first-order valence-electron chi connectivity index (χ1n) is 22.7. The molecule has 0 aliphatic rings. The van der Waals surface area contributed by atoms with E-state index in [0.29, 0.717) is 0 Å². The van der Waals surface area contributed by atoms with Gasteiger partial charge in [0.15, 0.2) is 0 Å². The zero-order valence-electron chi connectivity index (χ0n) is 41.5. The van der Waals surface area contributed by atoms with E-state index in [1.807, 2.05) is 27.7 Å². The molecule has 0 spiro atoms. The number of hydrogen-bond donors (Lipinski definition) is 0. The Morgan fingerprint density at radius 2 is 1.09 bits per heavy atom. The topological polar surface area (TPSA) is 3.24 Å². The minimum absolute atomic E-state index is 0.963. The van der Waals surface area contributed by atoms with Crippen LogP contribution in [0, 0.1) is 19.8 Å². The lowest BCUT2D eigenvalue weighted by Gasteiger charge is -2.21. The maximum absolute atomic E-state index is 4.14. The smallest absolute Gasteiger partial charge is 0.0233 e. The Bertz CT molecular complexity index is 1220. The molecule has 320 valence electrons. The van der Waals surface area contributed by atoms with E-state index in [9.17, 15) is 0 Å². The molecular weight excluding hydrogens is 663 g/mol. The molecule has 2 aromatic carbocycles. The molecular formula is C54H99N. The van der Waals surface area contributed by atoms with Gasteiger partial charge in [-0.05, 0) is 137 Å². The van der Waals surface area contributed by atoms with Gasteiger partial charge in [-0.2, -0.15) is 0 Å². The SMILES string of the molecule is C=C(C)/C(CC)=C(/C)C=C(C)C.C=C(C)c1cc(-c2ccc(CN(CCC)CCC)cc2)cc(C)c1C.CC.CC.CCC.CCC.CCCC(C)CCC. The van der Waals surface area contributed by atoms with Gasteiger partial charge >= 0.3 is 0 Å². The van der Waals surface area contributed by atoms with Crippen molar-refractivity contribution in [1.29, 1.82) is 0 Å². The van der Waals surface area contributed by atoms with Crippen molar-refractivity contribution in [2.45, 2.75) is 210 Å². The molecule has 2 aromatic rings. The molecule has 55 heavy (non-hydrogen) atoms. The molecule has 1 nitrogen and oxygen atoms in total. The van der Waals surface area contributed by atoms with Crippen molar-refractivity contribution >= 4 is 5.57 Å². The third-order valence-electron chi connectivity index (χ3n) is 8.31. The van der Waals surface area contributed by atoms with Crippen LogP contribution in [0.15, 0.2) is 77.9 Å². The van der Waals surface area contributed by atoms with Crippen molar-refractivity contribution in [2.75, 3.05) is 13.1 Å². The minimum Gasteiger partial charge on any atom is -0.299 e. The molecule has 0 unspecified atom stereocenters. The fourth-order valence-electron chi connectivity index (χ4n) is 6.00. The maximum Gasteiger partial charge on any atom is 0.0233 e. The number of benzene rings is 2. The van der Waals surface area contributed by atoms with Gasteiger partial charge in [-0.15, -0.1) is 0 Å². The van der Waals surface area contributed by atoms with E-state index in [2.05, 4.69) is 178 Å². The first kappa shape index (κ1) is 61.6. The number of rotatable bonds is 15. The van der Waals surface area contributed by atoms with E-state index in [1.165, 1.54) is 120 Å². The Balaban J connectivity index is -0.000000231. The fourth-order valence-corrected chi connectivity index (χ4v) is 6.00. The lowest BCUT2D eigenvalue weighted by molar-refractivity contribution is 0.266. The average molecular weight is 762 g/mol. The van der Waals surface area contributed by atoms with Gasteiger partial charge < -0.3 is 0 Å². The Morgan fingerprint density at radius 1 is 0.655 bits per heavy atom. The zero-order valence-corrected chi connectivity index (χ0v) is 41.5. The lowest BCUT2D eigenvalue weighted by atomic mass is 9.92. The monoisotopic (exact) mass is 762 g/mol. The molecule has 0 bridgehead atoms. The highest BCUT2D eigenvalue weighted by Crippen LogP contribution is 2.29. The van der Waals surface area contributed by atoms with E-state index in [0.717, 1.165) is 24.5 Å². The molecule has 0 radical (unpaired) electrons. The van der Waals surface area contributed by atoms with Crippen LogP contribution in [-0.2, 0) is 6.54 Å². The summed E-state index contributed by atoms with van der Waals surface area (Å²) in [6.45, 7) is 56.5. The van der Waals surface area contributed by atoms with Crippen molar-refractivity contribution in [3.63, 3.8) is 0 Å². The Labute approximate surface area is 349 Å². The van der Waals surface area contributed by atoms with E-state index in [4.69, 9.17) is 0 Å². The first-order valence-corrected chi connectivity index (χ1v) is 22.7. The summed E-state index contributed by atoms with van der Waals surface area (Å²) in [7, 11) is 0. The summed E-state index contributed by atoms with van der Waals surface area (Å²) in [5.74, 6) is 0.963. The van der Waals surface area contributed by atoms with Crippen molar-refractivity contribution in [1.82, 2.24) is 4.90 Å². The van der Waals surface area contributed by atoms with Crippen LogP contribution >= 0.6 is 0 Å². The molecule has 1 heteroatoms. The van der Waals surface area contributed by atoms with Gasteiger partial charge in [0.05, 0.1) is 0 Å². The lowest BCUT2D eigenvalue weighted by Crippen LogP contribution is -2.24. The molecule has 0 fully saturated rings. The van der Waals surface area contributed by atoms with Crippen LogP contribution in [0.2, 0.25) is 0 Å². The van der Waals surface area contributed by atoms with Crippen LogP contribution in [0.25, 0.3) is 16.7 Å². The van der Waals surface area contributed by atoms with Crippen LogP contribution in [0.5, 0.6) is 0 Å². The summed E-state index contributed by atoms with van der Waals surface area (Å²) >= 11 is 0. The standard InChI is InChI=1S/C24H33N.C12H20.C8H18.2C3H8.2C2H6/c1-7-13-25(14-8-2)17-21-9-11-22(12-10-21)23-15-19(5)20(6)24(16-23)18(3)4;1-7-12(10(4)5)11(6)8-9(2)3;1-4-6-8(3)7-5-2;2*1-3-2;2*1-2/h9-12,15-16H,3,7-8,13-14,17H2,1-2,4-6H3;8H,4,7H2,1-3,5-6H3;8H,4-7H2,1-3H3;2*3H2,1-2H3;2*1-2H3/b;12-11-;;;;;. The van der Waals surface area contributed by atoms with E-state index < -0.39 is 0 Å². The predicted molar refractivity (Wildman–Crippen MR) is 263 cm³/mol. The molecule has 0 atom stereocenters. The van der Waals surface area contributed by atoms with Crippen LogP contribution in [0.3, 0.4) is 0 Å². The van der Waals surface area contributed by atoms with Gasteiger partial charge in [-0.25, -0.2) is 0 Å². The van der Waals surface area contributed by atoms with Crippen molar-refractivity contribution < 1.29 is 0 Å². The number of allylic oxidation sites excluding steroid dienone is 6. The number of nitrogens with zero attached hydrogens (tertiary/aromatic N) is 1. The molecule has 2 rings (SSSR count). The maximum atomic E-state index is 4.14. The van der Waals surface area contributed by atoms with Crippen LogP contribution < -0.4 is 0 Å². The first-order chi connectivity index (χ1) is 26.1. The third kappa shape index (κ3) is 33.2. The summed E-state index contributed by atoms with van der Waals surface area (Å²) in [6.07, 6.45) is 13.7. The average Bonchev–Trinajstić information content (AvgIpc) is 3.13. The predicted octanol–water partition coefficient (Wildman–Crippen LogP) is 19.0. The number of hydrogen-bond acceptors (Lipinski definition) is 1. The van der Waals surface area contributed by atoms with Crippen LogP contribution in [0.1, 0.15) is 212 Å². The zero-order chi connectivity index (χ0) is 43.9. The Kier molecular flexibility index (Phi) is 47.6. The highest BCUT2D eigenvalue weighted by atomic mass is 15.1. The highest BCUT2D eigenvalue weighted by Gasteiger charge is 2.08. The Hall–Kier alpha value is -2.64. The van der Waals surface area contributed by atoms with E-state index >= 15 is 0 Å². The van der Waals surface area contributed by atoms with E-state index in [1.54, 1.807) is 0 Å². The molecule has 0 heterocycles. The normalized spacial score (nSPS) is 10.1. The third-order valence-corrected chi connectivity index (χ3v) is 8.31. The molecule has 0 saturated heterocycles. The second-order valence-corrected chi connectivity index (χ2v) is 14.8. The van der Waals surface area contributed by atoms with Gasteiger partial charge in [0, 0.05) is 6.54 Å². The quantitative estimate of drug-likeness (QED) is 0.163. The molecule has 0 aliphatic heterocycles. The summed E-state index contributed by atoms with van der Waals surface area (Å²) < 4.78 is 0. The molecule has 0 aliphatic carbocycles. The minimum atomic E-state index is 0.963. The van der Waals surface area contributed by atoms with Crippen molar-refractivity contribution in [3.05, 3.63) is 100 Å². The summed E-state index contributed by atoms with van der Waals surface area (Å²) in [6, 6.07) is 13.7. The van der Waals surface area contributed by atoms with E-state index in [-0.39, 0.29) is 0 Å². The van der Waals surface area contributed by atoms with Crippen molar-refractivity contribution in [2.24, 2.45) is 5.92 Å². The molecule has 0 aromatic heterocycles. The fraction of sp³-hybridized carbons (Fsp3) is 0.630. The second-order valence-electron chi connectivity index (χ2n) is 14.8. The summed E-state index contributed by atoms with van der Waals surface area (Å²) in [4.78, 5) is 2.55. The van der Waals surface area contributed by atoms with Crippen LogP contribution in [-0.4, -0.2) is 18.0 Å². The van der Waals surface area contributed by atoms with Crippen molar-refractivity contribution in [3.8, 4) is 11.1 Å². The molecule has 0 saturated carbocycles. The highest BCUT2D eigenvalue weighted by molar-refractivity contribution is 5.74. The second kappa shape index (κ2) is 42.5. The van der Waals surface area contributed by atoms with Gasteiger partial charge in [-0.1, -0.05) is 202 Å². The Morgan fingerprint density at radius 3 is 1.42 bits per heavy atom. The molecule has 0 N–H and O–H groups in total. The summed E-state index contributed by atoms with van der Waals surface area (Å²) in [5, 5.41) is 0. The largest absolute Gasteiger partial charge is 0.299 e. The van der Waals surface area contributed by atoms with Gasteiger partial charge in [0.1, 0.15) is 0 Å². The summed E-state index contributed by atoms with van der Waals surface area (Å²) in [5.41, 5.74) is 14.3. The molecule has 0 amide bonds.